The molecule has 2 rings (SSSR count). The van der Waals surface area contributed by atoms with Crippen molar-refractivity contribution in [3.63, 3.8) is 0 Å². The number of urea groups is 2. The predicted molar refractivity (Wildman–Crippen MR) is 155 cm³/mol. The Morgan fingerprint density at radius 3 is 1.35 bits per heavy atom. The molecule has 4 amide bonds. The van der Waals surface area contributed by atoms with Crippen molar-refractivity contribution in [3.8, 4) is 0 Å². The van der Waals surface area contributed by atoms with E-state index in [1.807, 2.05) is 47.2 Å². The lowest BCUT2D eigenvalue weighted by molar-refractivity contribution is 0.182. The summed E-state index contributed by atoms with van der Waals surface area (Å²) < 4.78 is 0. The zero-order chi connectivity index (χ0) is 25.5. The maximum atomic E-state index is 12.5. The third-order valence-corrected chi connectivity index (χ3v) is 9.34. The number of nitrogens with zero attached hydrogens (tertiary/aromatic N) is 4. The maximum Gasteiger partial charge on any atom is 0.325 e. The third kappa shape index (κ3) is 8.52. The summed E-state index contributed by atoms with van der Waals surface area (Å²) in [7, 11) is 0. The van der Waals surface area contributed by atoms with E-state index in [0.29, 0.717) is 39.3 Å². The Balaban J connectivity index is 1.59. The summed E-state index contributed by atoms with van der Waals surface area (Å²) in [6, 6.07) is 0.123. The quantitative estimate of drug-likeness (QED) is 0.201. The highest BCUT2D eigenvalue weighted by molar-refractivity contribution is 8.02. The summed E-state index contributed by atoms with van der Waals surface area (Å²) in [6.07, 6.45) is 2.12. The Morgan fingerprint density at radius 2 is 1.06 bits per heavy atom. The smallest absolute Gasteiger partial charge is 0.318 e. The molecule has 0 aliphatic carbocycles. The van der Waals surface area contributed by atoms with E-state index >= 15 is 0 Å². The van der Waals surface area contributed by atoms with Gasteiger partial charge in [0.1, 0.15) is 9.98 Å². The fraction of sp³-hybridized carbons (Fsp3) is 0.833. The lowest BCUT2D eigenvalue weighted by atomic mass is 9.89. The van der Waals surface area contributed by atoms with Crippen LogP contribution in [0.2, 0.25) is 0 Å². The largest absolute Gasteiger partial charge is 0.325 e. The van der Waals surface area contributed by atoms with Crippen LogP contribution < -0.4 is 0 Å². The molecule has 0 radical (unpaired) electrons. The summed E-state index contributed by atoms with van der Waals surface area (Å²) in [5.74, 6) is 4.44. The van der Waals surface area contributed by atoms with E-state index in [0.717, 1.165) is 45.8 Å². The van der Waals surface area contributed by atoms with Gasteiger partial charge in [-0.3, -0.25) is 9.80 Å². The maximum absolute atomic E-state index is 12.5. The minimum atomic E-state index is 0.0502. The minimum absolute atomic E-state index is 0.0502. The summed E-state index contributed by atoms with van der Waals surface area (Å²) >= 11 is 14.9. The van der Waals surface area contributed by atoms with Crippen LogP contribution in [0, 0.1) is 10.8 Å². The van der Waals surface area contributed by atoms with Crippen LogP contribution in [0.4, 0.5) is 9.59 Å². The van der Waals surface area contributed by atoms with Gasteiger partial charge < -0.3 is 9.80 Å². The Hall–Kier alpha value is -0.580. The van der Waals surface area contributed by atoms with E-state index in [-0.39, 0.29) is 22.9 Å². The summed E-state index contributed by atoms with van der Waals surface area (Å²) in [4.78, 5) is 33.6. The molecule has 6 nitrogen and oxygen atoms in total. The molecule has 0 spiro atoms. The topological polar surface area (TPSA) is 47.1 Å². The number of rotatable bonds is 15. The van der Waals surface area contributed by atoms with Gasteiger partial charge in [0.25, 0.3) is 0 Å². The van der Waals surface area contributed by atoms with Gasteiger partial charge in [0.05, 0.1) is 13.1 Å². The predicted octanol–water partition coefficient (Wildman–Crippen LogP) is 5.46. The molecule has 0 aromatic carbocycles. The van der Waals surface area contributed by atoms with Crippen molar-refractivity contribution in [3.05, 3.63) is 0 Å². The monoisotopic (exact) mass is 546 g/mol. The SMILES string of the molecule is CCN1CC(=S)N(CC(C)(C)CCSCCSCCC(C)(C)CN2C(=O)N(CC)CC2=S)C1=O. The molecule has 0 aromatic rings. The first kappa shape index (κ1) is 29.6. The first-order chi connectivity index (χ1) is 15.9. The van der Waals surface area contributed by atoms with Gasteiger partial charge >= 0.3 is 12.1 Å². The molecule has 0 atom stereocenters. The van der Waals surface area contributed by atoms with Crippen LogP contribution in [0.25, 0.3) is 0 Å². The van der Waals surface area contributed by atoms with Crippen LogP contribution in [0.15, 0.2) is 0 Å². The van der Waals surface area contributed by atoms with Gasteiger partial charge in [0, 0.05) is 37.7 Å². The van der Waals surface area contributed by atoms with Crippen LogP contribution in [0.5, 0.6) is 0 Å². The lowest BCUT2D eigenvalue weighted by Crippen LogP contribution is -2.39. The van der Waals surface area contributed by atoms with Crippen LogP contribution >= 0.6 is 48.0 Å². The van der Waals surface area contributed by atoms with Crippen LogP contribution in [-0.2, 0) is 0 Å². The number of thioether (sulfide) groups is 2. The fourth-order valence-electron chi connectivity index (χ4n) is 4.03. The second-order valence-corrected chi connectivity index (χ2v) is 14.0. The molecule has 0 N–H and O–H groups in total. The molecule has 2 aliphatic heterocycles. The van der Waals surface area contributed by atoms with Crippen molar-refractivity contribution < 1.29 is 9.59 Å². The minimum Gasteiger partial charge on any atom is -0.318 e. The average molecular weight is 547 g/mol. The summed E-state index contributed by atoms with van der Waals surface area (Å²) in [6.45, 7) is 16.9. The van der Waals surface area contributed by atoms with Crippen molar-refractivity contribution in [2.24, 2.45) is 10.8 Å². The average Bonchev–Trinajstić information content (AvgIpc) is 3.19. The van der Waals surface area contributed by atoms with E-state index in [1.165, 1.54) is 0 Å². The van der Waals surface area contributed by atoms with Crippen LogP contribution in [-0.4, -0.2) is 104 Å². The number of hydrogen-bond donors (Lipinski definition) is 0. The normalized spacial score (nSPS) is 17.7. The molecule has 34 heavy (non-hydrogen) atoms. The molecule has 2 saturated heterocycles. The van der Waals surface area contributed by atoms with Crippen molar-refractivity contribution in [1.82, 2.24) is 19.6 Å². The molecule has 0 saturated carbocycles. The van der Waals surface area contributed by atoms with Crippen molar-refractivity contribution in [1.29, 1.82) is 0 Å². The standard InChI is InChI=1S/C24H42N4O2S4/c1-7-25-15-19(31)27(21(25)29)17-23(3,4)9-11-33-13-14-34-12-10-24(5,6)18-28-20(32)16-26(8-2)22(28)30/h7-18H2,1-6H3. The van der Waals surface area contributed by atoms with Gasteiger partial charge in [0.2, 0.25) is 0 Å². The van der Waals surface area contributed by atoms with Gasteiger partial charge in [-0.2, -0.15) is 23.5 Å². The molecule has 2 heterocycles. The van der Waals surface area contributed by atoms with Gasteiger partial charge in [-0.25, -0.2) is 9.59 Å². The number of thiocarbonyl (C=S) groups is 2. The first-order valence-electron chi connectivity index (χ1n) is 12.2. The van der Waals surface area contributed by atoms with Crippen LogP contribution in [0.3, 0.4) is 0 Å². The molecular formula is C24H42N4O2S4. The molecule has 194 valence electrons. The Labute approximate surface area is 225 Å². The number of likely N-dealkylation sites (N-methyl/N-ethyl adjacent to an activating group) is 2. The van der Waals surface area contributed by atoms with Crippen molar-refractivity contribution in [2.45, 2.75) is 54.4 Å². The van der Waals surface area contributed by atoms with E-state index in [9.17, 15) is 9.59 Å². The van der Waals surface area contributed by atoms with Gasteiger partial charge in [0.15, 0.2) is 0 Å². The molecule has 2 fully saturated rings. The second kappa shape index (κ2) is 13.1. The highest BCUT2D eigenvalue weighted by atomic mass is 32.2. The zero-order valence-corrected chi connectivity index (χ0v) is 25.0. The van der Waals surface area contributed by atoms with E-state index in [1.54, 1.807) is 9.80 Å². The highest BCUT2D eigenvalue weighted by Crippen LogP contribution is 2.29. The zero-order valence-electron chi connectivity index (χ0n) is 21.7. The highest BCUT2D eigenvalue weighted by Gasteiger charge is 2.36. The van der Waals surface area contributed by atoms with E-state index in [2.05, 4.69) is 27.7 Å². The molecule has 0 aromatic heterocycles. The number of amides is 4. The summed E-state index contributed by atoms with van der Waals surface area (Å²) in [5, 5.41) is 0. The Morgan fingerprint density at radius 1 is 0.706 bits per heavy atom. The number of hydrogen-bond acceptors (Lipinski definition) is 6. The molecule has 0 unspecified atom stereocenters. The summed E-state index contributed by atoms with van der Waals surface area (Å²) in [5.41, 5.74) is 0.100. The second-order valence-electron chi connectivity index (χ2n) is 10.6. The van der Waals surface area contributed by atoms with Gasteiger partial charge in [-0.15, -0.1) is 0 Å². The molecule has 2 aliphatic rings. The molecule has 10 heteroatoms. The lowest BCUT2D eigenvalue weighted by Gasteiger charge is -2.30. The van der Waals surface area contributed by atoms with Crippen molar-refractivity contribution in [2.75, 3.05) is 62.3 Å². The van der Waals surface area contributed by atoms with E-state index < -0.39 is 0 Å². The van der Waals surface area contributed by atoms with Crippen molar-refractivity contribution >= 4 is 70.0 Å². The number of carbonyl (C=O) groups is 2. The first-order valence-corrected chi connectivity index (χ1v) is 15.4. The Bertz CT molecular complexity index is 697. The van der Waals surface area contributed by atoms with Gasteiger partial charge in [-0.1, -0.05) is 52.1 Å². The molecule has 0 bridgehead atoms. The van der Waals surface area contributed by atoms with Crippen LogP contribution in [0.1, 0.15) is 54.4 Å². The van der Waals surface area contributed by atoms with Gasteiger partial charge in [-0.05, 0) is 49.0 Å². The fourth-order valence-corrected chi connectivity index (χ4v) is 7.37. The number of carbonyl (C=O) groups excluding carboxylic acids is 2. The third-order valence-electron chi connectivity index (χ3n) is 6.41. The Kier molecular flexibility index (Phi) is 11.4. The molecular weight excluding hydrogens is 505 g/mol. The van der Waals surface area contributed by atoms with E-state index in [4.69, 9.17) is 24.4 Å².